The van der Waals surface area contributed by atoms with Crippen LogP contribution < -0.4 is 10.2 Å². The number of carbonyl (C=O) groups is 2. The van der Waals surface area contributed by atoms with Crippen molar-refractivity contribution in [3.63, 3.8) is 0 Å². The molecule has 61 heavy (non-hydrogen) atoms. The minimum atomic E-state index is -1.46. The monoisotopic (exact) mass is 880 g/mol. The summed E-state index contributed by atoms with van der Waals surface area (Å²) >= 11 is 0. The molecule has 10 nitrogen and oxygen atoms in total. The van der Waals surface area contributed by atoms with Crippen LogP contribution in [0.25, 0.3) is 0 Å². The molecule has 0 bridgehead atoms. The molecule has 0 aliphatic rings. The molecule has 0 unspecified atom stereocenters. The van der Waals surface area contributed by atoms with Gasteiger partial charge in [0, 0.05) is 11.1 Å². The van der Waals surface area contributed by atoms with E-state index in [1.165, 1.54) is 62.8 Å². The number of phenolic OH excluding ortho intramolecular Hbond substituents is 2. The van der Waals surface area contributed by atoms with Gasteiger partial charge in [-0.1, -0.05) is 129 Å². The van der Waals surface area contributed by atoms with E-state index < -0.39 is 34.9 Å². The third kappa shape index (κ3) is 17.8. The molecule has 4 aromatic rings. The third-order valence-corrected chi connectivity index (χ3v) is 10.0. The number of unbranched alkanes of at least 4 members (excludes halogenated alkanes) is 6. The molecule has 11 heteroatoms. The van der Waals surface area contributed by atoms with Crippen molar-refractivity contribution < 1.29 is 56.7 Å². The van der Waals surface area contributed by atoms with Crippen molar-refractivity contribution in [3.8, 4) is 23.0 Å². The molecule has 0 amide bonds. The normalized spacial score (nSPS) is 11.1. The summed E-state index contributed by atoms with van der Waals surface area (Å²) < 4.78 is 0. The van der Waals surface area contributed by atoms with Gasteiger partial charge < -0.3 is 40.2 Å². The van der Waals surface area contributed by atoms with E-state index in [0.29, 0.717) is 36.8 Å². The number of benzene rings is 4. The predicted octanol–water partition coefficient (Wildman–Crippen LogP) is 10.4. The zero-order chi connectivity index (χ0) is 44.5. The number of para-hydroxylation sites is 2. The van der Waals surface area contributed by atoms with E-state index in [0.717, 1.165) is 60.3 Å². The molecule has 4 N–H and O–H groups in total. The van der Waals surface area contributed by atoms with E-state index in [-0.39, 0.29) is 27.6 Å². The molecule has 0 radical (unpaired) electrons. The number of hydrogen-bond donors (Lipinski definition) is 4. The Morgan fingerprint density at radius 3 is 1.21 bits per heavy atom. The molecule has 334 valence electrons. The van der Waals surface area contributed by atoms with Crippen LogP contribution in [0.1, 0.15) is 162 Å². The van der Waals surface area contributed by atoms with E-state index in [1.54, 1.807) is 13.8 Å². The summed E-state index contributed by atoms with van der Waals surface area (Å²) in [6, 6.07) is 23.5. The number of carboxylic acids is 2. The quantitative estimate of drug-likeness (QED) is 0.0276. The minimum Gasteiger partial charge on any atom is -0.545 e. The summed E-state index contributed by atoms with van der Waals surface area (Å²) in [5.41, 5.74) is 6.38. The van der Waals surface area contributed by atoms with Crippen molar-refractivity contribution >= 4 is 34.7 Å². The second kappa shape index (κ2) is 30.0. The van der Waals surface area contributed by atoms with Crippen LogP contribution in [0.4, 0.5) is 11.4 Å². The standard InChI is InChI=1S/C26H36N2.2C12H16O4.Ni/c1-3-5-7-8-9-16-22-26(28-24-19-14-11-15-20-24)25(21-6-4-2)27-23-17-12-10-13-18-23;2*1-3-5-7-6-9(13)11(14)10(12(15)16)8(7)4-2;/h10-15,17-20H,3-9,16,21-22H2,1-2H3;2*6,13-14H,3-5H2,1-2H3,(H,15,16);/q;;;+2/p-2. The summed E-state index contributed by atoms with van der Waals surface area (Å²) in [5.74, 6) is -4.92. The molecule has 0 aliphatic carbocycles. The van der Waals surface area contributed by atoms with E-state index in [2.05, 4.69) is 62.4 Å². The SMILES string of the molecule is CCCCCCCCC(=Nc1ccccc1)C(CCCC)=Nc1ccccc1.CCCc1cc(O)c(O)c(C(=O)[O-])c1CC.CCCc1cc(O)c(O)c(C(=O)[O-])c1CC.[Ni+2]. The van der Waals surface area contributed by atoms with Crippen LogP contribution in [0.15, 0.2) is 82.8 Å². The summed E-state index contributed by atoms with van der Waals surface area (Å²) in [4.78, 5) is 31.9. The van der Waals surface area contributed by atoms with Crippen molar-refractivity contribution in [2.45, 2.75) is 144 Å². The molecule has 0 aliphatic heterocycles. The number of carboxylic acid groups (broad SMARTS) is 2. The molecule has 0 heterocycles. The van der Waals surface area contributed by atoms with Crippen molar-refractivity contribution in [3.05, 3.63) is 106 Å². The average molecular weight is 882 g/mol. The van der Waals surface area contributed by atoms with Crippen molar-refractivity contribution in [2.75, 3.05) is 0 Å². The number of carbonyl (C=O) groups excluding carboxylic acids is 2. The Morgan fingerprint density at radius 1 is 0.508 bits per heavy atom. The van der Waals surface area contributed by atoms with Gasteiger partial charge in [0.2, 0.25) is 0 Å². The van der Waals surface area contributed by atoms with Gasteiger partial charge in [-0.25, -0.2) is 0 Å². The van der Waals surface area contributed by atoms with Gasteiger partial charge in [-0.2, -0.15) is 0 Å². The van der Waals surface area contributed by atoms with Gasteiger partial charge >= 0.3 is 16.5 Å². The fourth-order valence-corrected chi connectivity index (χ4v) is 7.00. The summed E-state index contributed by atoms with van der Waals surface area (Å²) in [6.07, 6.45) is 16.1. The molecule has 0 spiro atoms. The smallest absolute Gasteiger partial charge is 0.545 e. The van der Waals surface area contributed by atoms with Gasteiger partial charge in [-0.15, -0.1) is 0 Å². The molecular formula is C50H66N2NiO8. The van der Waals surface area contributed by atoms with Gasteiger partial charge in [0.25, 0.3) is 0 Å². The number of nitrogens with zero attached hydrogens (tertiary/aromatic N) is 2. The van der Waals surface area contributed by atoms with E-state index >= 15 is 0 Å². The van der Waals surface area contributed by atoms with Crippen LogP contribution in [0.3, 0.4) is 0 Å². The number of rotatable bonds is 21. The Hall–Kier alpha value is -5.15. The van der Waals surface area contributed by atoms with Crippen LogP contribution in [0, 0.1) is 0 Å². The van der Waals surface area contributed by atoms with Gasteiger partial charge in [0.05, 0.1) is 34.7 Å². The fourth-order valence-electron chi connectivity index (χ4n) is 7.00. The maximum Gasteiger partial charge on any atom is 2.00 e. The molecule has 0 atom stereocenters. The van der Waals surface area contributed by atoms with Gasteiger partial charge in [0.1, 0.15) is 0 Å². The van der Waals surface area contributed by atoms with Crippen molar-refractivity contribution in [1.29, 1.82) is 0 Å². The number of aryl methyl sites for hydroxylation is 2. The van der Waals surface area contributed by atoms with Crippen LogP contribution in [0.2, 0.25) is 0 Å². The van der Waals surface area contributed by atoms with Gasteiger partial charge in [-0.05, 0) is 110 Å². The Labute approximate surface area is 373 Å². The Morgan fingerprint density at radius 2 is 0.869 bits per heavy atom. The average Bonchev–Trinajstić information content (AvgIpc) is 3.23. The maximum absolute atomic E-state index is 10.9. The third-order valence-electron chi connectivity index (χ3n) is 10.0. The maximum atomic E-state index is 10.9. The number of aromatic carboxylic acids is 2. The number of aromatic hydroxyl groups is 4. The first kappa shape index (κ1) is 53.9. The van der Waals surface area contributed by atoms with E-state index in [9.17, 15) is 40.2 Å². The molecule has 0 fully saturated rings. The molecular weight excluding hydrogens is 815 g/mol. The van der Waals surface area contributed by atoms with E-state index in [1.807, 2.05) is 26.0 Å². The largest absolute Gasteiger partial charge is 2.00 e. The van der Waals surface area contributed by atoms with Gasteiger partial charge in [0.15, 0.2) is 23.0 Å². The molecule has 4 aromatic carbocycles. The predicted molar refractivity (Wildman–Crippen MR) is 240 cm³/mol. The van der Waals surface area contributed by atoms with Crippen molar-refractivity contribution in [2.24, 2.45) is 9.98 Å². The van der Waals surface area contributed by atoms with Crippen LogP contribution in [-0.4, -0.2) is 43.8 Å². The molecule has 0 aromatic heterocycles. The first-order chi connectivity index (χ1) is 28.9. The fraction of sp³-hybridized carbons (Fsp3) is 0.440. The molecule has 4 rings (SSSR count). The van der Waals surface area contributed by atoms with Crippen LogP contribution >= 0.6 is 0 Å². The Kier molecular flexibility index (Phi) is 26.5. The molecule has 0 saturated carbocycles. The molecule has 0 saturated heterocycles. The second-order valence-electron chi connectivity index (χ2n) is 14.7. The van der Waals surface area contributed by atoms with Crippen molar-refractivity contribution in [1.82, 2.24) is 0 Å². The number of phenols is 4. The van der Waals surface area contributed by atoms with E-state index in [4.69, 9.17) is 9.98 Å². The Balaban J connectivity index is 0.000000485. The first-order valence-corrected chi connectivity index (χ1v) is 21.7. The second-order valence-corrected chi connectivity index (χ2v) is 14.7. The van der Waals surface area contributed by atoms with Gasteiger partial charge in [-0.3, -0.25) is 9.98 Å². The zero-order valence-electron chi connectivity index (χ0n) is 36.9. The van der Waals surface area contributed by atoms with Crippen LogP contribution in [0.5, 0.6) is 23.0 Å². The minimum absolute atomic E-state index is 0. The van der Waals surface area contributed by atoms with Crippen LogP contribution in [-0.2, 0) is 42.2 Å². The first-order valence-electron chi connectivity index (χ1n) is 21.7. The Bertz CT molecular complexity index is 1900. The number of hydrogen-bond acceptors (Lipinski definition) is 10. The topological polar surface area (TPSA) is 186 Å². The number of aliphatic imine (C=N–C) groups is 2. The summed E-state index contributed by atoms with van der Waals surface area (Å²) in [7, 11) is 0. The zero-order valence-corrected chi connectivity index (χ0v) is 37.9. The summed E-state index contributed by atoms with van der Waals surface area (Å²) in [5, 5.41) is 59.7. The summed E-state index contributed by atoms with van der Waals surface area (Å²) in [6.45, 7) is 12.0.